The number of aromatic amines is 1. The Kier molecular flexibility index (Phi) is 2.77. The second-order valence-corrected chi connectivity index (χ2v) is 5.34. The number of hydrogen-bond acceptors (Lipinski definition) is 3. The maximum absolute atomic E-state index is 11.5. The molecule has 1 atom stereocenters. The van der Waals surface area contributed by atoms with Gasteiger partial charge < -0.3 is 9.54 Å². The van der Waals surface area contributed by atoms with Crippen LogP contribution in [0.2, 0.25) is 0 Å². The number of rotatable bonds is 2. The minimum atomic E-state index is -0.985. The first kappa shape index (κ1) is 11.3. The lowest BCUT2D eigenvalue weighted by molar-refractivity contribution is 0.601. The lowest BCUT2D eigenvalue weighted by Gasteiger charge is -2.04. The molecule has 0 amide bonds. The molecule has 1 aromatic carbocycles. The van der Waals surface area contributed by atoms with Gasteiger partial charge in [0.05, 0.1) is 11.7 Å². The van der Waals surface area contributed by atoms with Gasteiger partial charge in [0, 0.05) is 17.8 Å². The van der Waals surface area contributed by atoms with Crippen LogP contribution in [0, 0.1) is 0 Å². The zero-order valence-corrected chi connectivity index (χ0v) is 10.6. The van der Waals surface area contributed by atoms with Gasteiger partial charge in [-0.3, -0.25) is 4.98 Å². The zero-order valence-electron chi connectivity index (χ0n) is 9.75. The fraction of sp³-hybridized carbons (Fsp3) is 0.0769. The van der Waals surface area contributed by atoms with Crippen molar-refractivity contribution in [2.45, 2.75) is 4.90 Å². The Morgan fingerprint density at radius 2 is 2.17 bits per heavy atom. The predicted octanol–water partition coefficient (Wildman–Crippen LogP) is 2.36. The number of nitrogens with zero attached hydrogens (tertiary/aromatic N) is 2. The summed E-state index contributed by atoms with van der Waals surface area (Å²) in [5.41, 5.74) is 2.71. The molecule has 3 aromatic rings. The van der Waals surface area contributed by atoms with Gasteiger partial charge in [0.1, 0.15) is 17.6 Å². The number of hydrogen-bond donors (Lipinski definition) is 1. The SMILES string of the molecule is C[S+]([O-])c1cccc(-c2nc3cnccc3[nH]2)c1. The summed E-state index contributed by atoms with van der Waals surface area (Å²) in [6.07, 6.45) is 5.11. The zero-order chi connectivity index (χ0) is 12.5. The fourth-order valence-electron chi connectivity index (χ4n) is 1.82. The normalized spacial score (nSPS) is 12.8. The van der Waals surface area contributed by atoms with Crippen molar-refractivity contribution in [3.05, 3.63) is 42.7 Å². The van der Waals surface area contributed by atoms with Gasteiger partial charge in [-0.15, -0.1) is 0 Å². The summed E-state index contributed by atoms with van der Waals surface area (Å²) in [5.74, 6) is 0.769. The second-order valence-electron chi connectivity index (χ2n) is 3.96. The Morgan fingerprint density at radius 1 is 1.28 bits per heavy atom. The predicted molar refractivity (Wildman–Crippen MR) is 71.7 cm³/mol. The third-order valence-corrected chi connectivity index (χ3v) is 3.64. The molecule has 1 unspecified atom stereocenters. The van der Waals surface area contributed by atoms with Crippen LogP contribution in [0.3, 0.4) is 0 Å². The molecule has 5 heteroatoms. The number of H-pyrrole nitrogens is 1. The van der Waals surface area contributed by atoms with Crippen molar-refractivity contribution in [1.82, 2.24) is 15.0 Å². The van der Waals surface area contributed by atoms with Gasteiger partial charge in [-0.25, -0.2) is 4.98 Å². The first-order valence-electron chi connectivity index (χ1n) is 5.47. The van der Waals surface area contributed by atoms with Crippen molar-refractivity contribution in [2.75, 3.05) is 6.26 Å². The van der Waals surface area contributed by atoms with E-state index in [1.807, 2.05) is 30.3 Å². The van der Waals surface area contributed by atoms with Crippen LogP contribution in [-0.2, 0) is 11.2 Å². The quantitative estimate of drug-likeness (QED) is 0.717. The van der Waals surface area contributed by atoms with Crippen LogP contribution in [0.15, 0.2) is 47.6 Å². The molecule has 0 saturated carbocycles. The molecule has 0 aliphatic rings. The maximum Gasteiger partial charge on any atom is 0.153 e. The molecule has 0 radical (unpaired) electrons. The number of aromatic nitrogens is 3. The Labute approximate surface area is 107 Å². The van der Waals surface area contributed by atoms with Gasteiger partial charge in [0.15, 0.2) is 4.90 Å². The molecule has 0 aliphatic heterocycles. The van der Waals surface area contributed by atoms with E-state index in [-0.39, 0.29) is 0 Å². The van der Waals surface area contributed by atoms with E-state index >= 15 is 0 Å². The Morgan fingerprint density at radius 3 is 2.94 bits per heavy atom. The molecule has 0 fully saturated rings. The summed E-state index contributed by atoms with van der Waals surface area (Å²) in [4.78, 5) is 12.5. The van der Waals surface area contributed by atoms with Gasteiger partial charge in [-0.05, 0) is 23.3 Å². The number of imidazole rings is 1. The van der Waals surface area contributed by atoms with Crippen molar-refractivity contribution in [1.29, 1.82) is 0 Å². The van der Waals surface area contributed by atoms with Crippen LogP contribution >= 0.6 is 0 Å². The molecule has 0 saturated heterocycles. The summed E-state index contributed by atoms with van der Waals surface area (Å²) in [5, 5.41) is 0. The van der Waals surface area contributed by atoms with E-state index in [4.69, 9.17) is 0 Å². The van der Waals surface area contributed by atoms with E-state index in [2.05, 4.69) is 15.0 Å². The minimum Gasteiger partial charge on any atom is -0.612 e. The van der Waals surface area contributed by atoms with E-state index < -0.39 is 11.2 Å². The Bertz CT molecular complexity index is 660. The van der Waals surface area contributed by atoms with Gasteiger partial charge in [0.2, 0.25) is 0 Å². The van der Waals surface area contributed by atoms with E-state index in [0.717, 1.165) is 27.3 Å². The smallest absolute Gasteiger partial charge is 0.153 e. The van der Waals surface area contributed by atoms with Crippen molar-refractivity contribution in [2.24, 2.45) is 0 Å². The third-order valence-electron chi connectivity index (χ3n) is 2.72. The molecule has 3 rings (SSSR count). The van der Waals surface area contributed by atoms with Crippen molar-refractivity contribution < 1.29 is 4.55 Å². The topological polar surface area (TPSA) is 64.6 Å². The molecular formula is C13H11N3OS. The van der Waals surface area contributed by atoms with E-state index in [0.29, 0.717) is 0 Å². The Hall–Kier alpha value is -1.85. The molecule has 90 valence electrons. The second kappa shape index (κ2) is 4.44. The van der Waals surface area contributed by atoms with Crippen LogP contribution in [0.1, 0.15) is 0 Å². The standard InChI is InChI=1S/C13H11N3OS/c1-18(17)10-4-2-3-9(7-10)13-15-11-5-6-14-8-12(11)16-13/h2-8H,1H3,(H,15,16). The molecule has 4 nitrogen and oxygen atoms in total. The van der Waals surface area contributed by atoms with Gasteiger partial charge in [0.25, 0.3) is 0 Å². The lowest BCUT2D eigenvalue weighted by Crippen LogP contribution is -1.97. The fourth-order valence-corrected chi connectivity index (χ4v) is 2.38. The molecule has 0 spiro atoms. The highest BCUT2D eigenvalue weighted by Gasteiger charge is 2.09. The molecular weight excluding hydrogens is 246 g/mol. The van der Waals surface area contributed by atoms with Crippen LogP contribution in [0.4, 0.5) is 0 Å². The summed E-state index contributed by atoms with van der Waals surface area (Å²) in [6, 6.07) is 9.46. The number of nitrogens with one attached hydrogen (secondary N) is 1. The van der Waals surface area contributed by atoms with Crippen LogP contribution < -0.4 is 0 Å². The van der Waals surface area contributed by atoms with Crippen molar-refractivity contribution >= 4 is 22.2 Å². The van der Waals surface area contributed by atoms with Crippen LogP contribution in [-0.4, -0.2) is 25.8 Å². The molecule has 0 aliphatic carbocycles. The summed E-state index contributed by atoms with van der Waals surface area (Å²) < 4.78 is 11.5. The number of pyridine rings is 1. The molecule has 2 aromatic heterocycles. The monoisotopic (exact) mass is 257 g/mol. The van der Waals surface area contributed by atoms with Crippen LogP contribution in [0.25, 0.3) is 22.4 Å². The highest BCUT2D eigenvalue weighted by molar-refractivity contribution is 7.90. The number of fused-ring (bicyclic) bond motifs is 1. The molecule has 18 heavy (non-hydrogen) atoms. The van der Waals surface area contributed by atoms with Gasteiger partial charge in [-0.1, -0.05) is 12.1 Å². The van der Waals surface area contributed by atoms with E-state index in [1.165, 1.54) is 0 Å². The third kappa shape index (κ3) is 1.98. The first-order valence-corrected chi connectivity index (χ1v) is 7.03. The van der Waals surface area contributed by atoms with E-state index in [1.54, 1.807) is 18.6 Å². The average molecular weight is 257 g/mol. The van der Waals surface area contributed by atoms with Crippen molar-refractivity contribution in [3.8, 4) is 11.4 Å². The average Bonchev–Trinajstić information content (AvgIpc) is 2.82. The van der Waals surface area contributed by atoms with Gasteiger partial charge in [-0.2, -0.15) is 0 Å². The highest BCUT2D eigenvalue weighted by atomic mass is 32.2. The number of benzene rings is 1. The van der Waals surface area contributed by atoms with E-state index in [9.17, 15) is 4.55 Å². The van der Waals surface area contributed by atoms with Crippen LogP contribution in [0.5, 0.6) is 0 Å². The molecule has 1 N–H and O–H groups in total. The van der Waals surface area contributed by atoms with Gasteiger partial charge >= 0.3 is 0 Å². The van der Waals surface area contributed by atoms with Crippen molar-refractivity contribution in [3.63, 3.8) is 0 Å². The highest BCUT2D eigenvalue weighted by Crippen LogP contribution is 2.22. The molecule has 0 bridgehead atoms. The molecule has 2 heterocycles. The minimum absolute atomic E-state index is 0.769. The first-order chi connectivity index (χ1) is 8.74. The lowest BCUT2D eigenvalue weighted by atomic mass is 10.2. The Balaban J connectivity index is 2.11. The summed E-state index contributed by atoms with van der Waals surface area (Å²) >= 11 is -0.985. The summed E-state index contributed by atoms with van der Waals surface area (Å²) in [6.45, 7) is 0. The largest absolute Gasteiger partial charge is 0.612 e. The summed E-state index contributed by atoms with van der Waals surface area (Å²) in [7, 11) is 0. The maximum atomic E-state index is 11.5.